The second-order valence-electron chi connectivity index (χ2n) is 8.14. The van der Waals surface area contributed by atoms with Gasteiger partial charge in [0.2, 0.25) is 5.88 Å². The molecule has 2 N–H and O–H groups in total. The third kappa shape index (κ3) is 3.53. The molecule has 0 saturated carbocycles. The SMILES string of the molecule is CCc1cc(-c2[nH]c3ccc(C4CCNCC4)cc3c2C(C)C)cc(OC)n1. The molecule has 0 bridgehead atoms. The number of aryl methyl sites for hydroxylation is 1. The van der Waals surface area contributed by atoms with Crippen LogP contribution in [0.25, 0.3) is 22.2 Å². The van der Waals surface area contributed by atoms with Gasteiger partial charge in [0.25, 0.3) is 0 Å². The number of nitrogens with one attached hydrogen (secondary N) is 2. The number of aromatic nitrogens is 2. The Kier molecular flexibility index (Phi) is 5.40. The Morgan fingerprint density at radius 1 is 1.14 bits per heavy atom. The van der Waals surface area contributed by atoms with E-state index in [-0.39, 0.29) is 0 Å². The van der Waals surface area contributed by atoms with E-state index in [0.717, 1.165) is 30.8 Å². The Bertz CT molecular complexity index is 945. The smallest absolute Gasteiger partial charge is 0.213 e. The molecule has 1 fully saturated rings. The monoisotopic (exact) mass is 377 g/mol. The molecule has 0 aliphatic carbocycles. The number of aromatic amines is 1. The van der Waals surface area contributed by atoms with E-state index >= 15 is 0 Å². The summed E-state index contributed by atoms with van der Waals surface area (Å²) in [5.41, 5.74) is 7.49. The lowest BCUT2D eigenvalue weighted by atomic mass is 9.88. The highest BCUT2D eigenvalue weighted by Crippen LogP contribution is 2.38. The van der Waals surface area contributed by atoms with E-state index in [0.29, 0.717) is 17.7 Å². The Morgan fingerprint density at radius 2 is 1.93 bits per heavy atom. The van der Waals surface area contributed by atoms with Gasteiger partial charge in [-0.05, 0) is 73.5 Å². The van der Waals surface area contributed by atoms with Crippen molar-refractivity contribution in [3.63, 3.8) is 0 Å². The second-order valence-corrected chi connectivity index (χ2v) is 8.14. The van der Waals surface area contributed by atoms with E-state index in [9.17, 15) is 0 Å². The van der Waals surface area contributed by atoms with E-state index in [4.69, 9.17) is 4.74 Å². The quantitative estimate of drug-likeness (QED) is 0.627. The molecule has 1 aromatic carbocycles. The van der Waals surface area contributed by atoms with E-state index < -0.39 is 0 Å². The lowest BCUT2D eigenvalue weighted by molar-refractivity contribution is 0.396. The molecule has 2 aromatic heterocycles. The number of ether oxygens (including phenoxy) is 1. The van der Waals surface area contributed by atoms with Gasteiger partial charge in [0.15, 0.2) is 0 Å². The first-order valence-corrected chi connectivity index (χ1v) is 10.5. The fraction of sp³-hybridized carbons (Fsp3) is 0.458. The van der Waals surface area contributed by atoms with Gasteiger partial charge in [-0.3, -0.25) is 0 Å². The number of H-pyrrole nitrogens is 1. The van der Waals surface area contributed by atoms with E-state index in [1.54, 1.807) is 7.11 Å². The average molecular weight is 378 g/mol. The second kappa shape index (κ2) is 7.96. The van der Waals surface area contributed by atoms with E-state index in [1.165, 1.54) is 40.6 Å². The fourth-order valence-corrected chi connectivity index (χ4v) is 4.46. The summed E-state index contributed by atoms with van der Waals surface area (Å²) in [7, 11) is 1.69. The van der Waals surface area contributed by atoms with Crippen LogP contribution in [0.3, 0.4) is 0 Å². The fourth-order valence-electron chi connectivity index (χ4n) is 4.46. The molecule has 4 heteroatoms. The van der Waals surface area contributed by atoms with Crippen molar-refractivity contribution in [3.8, 4) is 17.1 Å². The minimum absolute atomic E-state index is 0.427. The predicted octanol–water partition coefficient (Wildman–Crippen LogP) is 5.39. The third-order valence-electron chi connectivity index (χ3n) is 5.97. The first-order valence-electron chi connectivity index (χ1n) is 10.5. The van der Waals surface area contributed by atoms with Crippen LogP contribution in [0.1, 0.15) is 62.3 Å². The maximum Gasteiger partial charge on any atom is 0.213 e. The number of pyridine rings is 1. The van der Waals surface area contributed by atoms with Crippen molar-refractivity contribution in [1.82, 2.24) is 15.3 Å². The maximum absolute atomic E-state index is 5.46. The first kappa shape index (κ1) is 19.0. The molecule has 1 aliphatic rings. The van der Waals surface area contributed by atoms with E-state index in [1.807, 2.05) is 6.07 Å². The molecule has 0 radical (unpaired) electrons. The molecule has 0 spiro atoms. The van der Waals surface area contributed by atoms with Gasteiger partial charge >= 0.3 is 0 Å². The van der Waals surface area contributed by atoms with Crippen molar-refractivity contribution < 1.29 is 4.74 Å². The molecule has 1 saturated heterocycles. The topological polar surface area (TPSA) is 49.9 Å². The summed E-state index contributed by atoms with van der Waals surface area (Å²) < 4.78 is 5.46. The lowest BCUT2D eigenvalue weighted by Gasteiger charge is -2.23. The first-order chi connectivity index (χ1) is 13.6. The lowest BCUT2D eigenvalue weighted by Crippen LogP contribution is -2.26. The summed E-state index contributed by atoms with van der Waals surface area (Å²) in [4.78, 5) is 8.26. The van der Waals surface area contributed by atoms with Gasteiger partial charge in [-0.25, -0.2) is 4.98 Å². The van der Waals surface area contributed by atoms with Crippen LogP contribution in [0, 0.1) is 0 Å². The average Bonchev–Trinajstić information content (AvgIpc) is 3.13. The van der Waals surface area contributed by atoms with Crippen molar-refractivity contribution in [2.24, 2.45) is 0 Å². The Morgan fingerprint density at radius 3 is 2.61 bits per heavy atom. The van der Waals surface area contributed by atoms with Gasteiger partial charge < -0.3 is 15.0 Å². The summed E-state index contributed by atoms with van der Waals surface area (Å²) in [5.74, 6) is 1.77. The maximum atomic E-state index is 5.46. The molecule has 1 aliphatic heterocycles. The van der Waals surface area contributed by atoms with Gasteiger partial charge in [-0.2, -0.15) is 0 Å². The molecule has 0 atom stereocenters. The van der Waals surface area contributed by atoms with Crippen molar-refractivity contribution >= 4 is 10.9 Å². The van der Waals surface area contributed by atoms with Crippen LogP contribution < -0.4 is 10.1 Å². The van der Waals surface area contributed by atoms with Crippen LogP contribution in [-0.2, 0) is 6.42 Å². The highest BCUT2D eigenvalue weighted by Gasteiger charge is 2.20. The number of methoxy groups -OCH3 is 1. The van der Waals surface area contributed by atoms with Crippen LogP contribution in [0.5, 0.6) is 5.88 Å². The number of benzene rings is 1. The highest BCUT2D eigenvalue weighted by atomic mass is 16.5. The standard InChI is InChI=1S/C24H31N3O/c1-5-19-12-18(14-22(26-19)28-4)24-23(15(2)3)20-13-17(6-7-21(20)27-24)16-8-10-25-11-9-16/h6-7,12-16,25,27H,5,8-11H2,1-4H3. The van der Waals surface area contributed by atoms with Gasteiger partial charge in [0.05, 0.1) is 12.8 Å². The van der Waals surface area contributed by atoms with Crippen molar-refractivity contribution in [2.75, 3.05) is 20.2 Å². The molecule has 4 rings (SSSR count). The summed E-state index contributed by atoms with van der Waals surface area (Å²) >= 11 is 0. The molecule has 0 amide bonds. The number of hydrogen-bond acceptors (Lipinski definition) is 3. The predicted molar refractivity (Wildman–Crippen MR) is 116 cm³/mol. The summed E-state index contributed by atoms with van der Waals surface area (Å²) in [6.07, 6.45) is 3.34. The zero-order valence-corrected chi connectivity index (χ0v) is 17.4. The molecule has 3 heterocycles. The van der Waals surface area contributed by atoms with Gasteiger partial charge in [0, 0.05) is 28.2 Å². The van der Waals surface area contributed by atoms with Crippen molar-refractivity contribution in [3.05, 3.63) is 47.2 Å². The largest absolute Gasteiger partial charge is 0.481 e. The molecule has 0 unspecified atom stereocenters. The van der Waals surface area contributed by atoms with Crippen molar-refractivity contribution in [2.45, 2.75) is 51.9 Å². The number of hydrogen-bond donors (Lipinski definition) is 2. The normalized spacial score (nSPS) is 15.5. The summed E-state index contributed by atoms with van der Waals surface area (Å²) in [5, 5.41) is 4.83. The van der Waals surface area contributed by atoms with Crippen molar-refractivity contribution in [1.29, 1.82) is 0 Å². The zero-order chi connectivity index (χ0) is 19.7. The Hall–Kier alpha value is -2.33. The zero-order valence-electron chi connectivity index (χ0n) is 17.4. The van der Waals surface area contributed by atoms with Gasteiger partial charge in [0.1, 0.15) is 0 Å². The van der Waals surface area contributed by atoms with Crippen LogP contribution in [-0.4, -0.2) is 30.2 Å². The molecular weight excluding hydrogens is 346 g/mol. The Labute approximate surface area is 167 Å². The number of piperidine rings is 1. The summed E-state index contributed by atoms with van der Waals surface area (Å²) in [6, 6.07) is 11.2. The van der Waals surface area contributed by atoms with Crippen LogP contribution in [0.2, 0.25) is 0 Å². The third-order valence-corrected chi connectivity index (χ3v) is 5.97. The molecule has 4 nitrogen and oxygen atoms in total. The van der Waals surface area contributed by atoms with Crippen LogP contribution in [0.4, 0.5) is 0 Å². The van der Waals surface area contributed by atoms with Gasteiger partial charge in [-0.1, -0.05) is 26.8 Å². The van der Waals surface area contributed by atoms with E-state index in [2.05, 4.69) is 60.3 Å². The minimum Gasteiger partial charge on any atom is -0.481 e. The molecule has 148 valence electrons. The minimum atomic E-state index is 0.427. The highest BCUT2D eigenvalue weighted by molar-refractivity contribution is 5.92. The summed E-state index contributed by atoms with van der Waals surface area (Å²) in [6.45, 7) is 8.93. The number of fused-ring (bicyclic) bond motifs is 1. The molecular formula is C24H31N3O. The van der Waals surface area contributed by atoms with Crippen LogP contribution >= 0.6 is 0 Å². The van der Waals surface area contributed by atoms with Crippen LogP contribution in [0.15, 0.2) is 30.3 Å². The molecule has 28 heavy (non-hydrogen) atoms. The van der Waals surface area contributed by atoms with Gasteiger partial charge in [-0.15, -0.1) is 0 Å². The Balaban J connectivity index is 1.86. The number of rotatable bonds is 5. The number of nitrogens with zero attached hydrogens (tertiary/aromatic N) is 1. The molecule has 3 aromatic rings.